The predicted octanol–water partition coefficient (Wildman–Crippen LogP) is 3.83. The summed E-state index contributed by atoms with van der Waals surface area (Å²) in [6.45, 7) is 4.40. The minimum Gasteiger partial charge on any atom is -0.465 e. The van der Waals surface area contributed by atoms with Crippen LogP contribution < -0.4 is 11.1 Å². The molecule has 1 unspecified atom stereocenters. The van der Waals surface area contributed by atoms with Gasteiger partial charge in [-0.25, -0.2) is 4.79 Å². The third-order valence-corrected chi connectivity index (χ3v) is 7.46. The molecule has 1 aromatic carbocycles. The van der Waals surface area contributed by atoms with Gasteiger partial charge in [0.05, 0.1) is 26.2 Å². The number of ether oxygens (including phenoxy) is 1. The van der Waals surface area contributed by atoms with E-state index < -0.39 is 5.91 Å². The molecule has 3 N–H and O–H groups in total. The van der Waals surface area contributed by atoms with E-state index in [9.17, 15) is 14.4 Å². The van der Waals surface area contributed by atoms with Crippen LogP contribution in [0.2, 0.25) is 5.02 Å². The minimum absolute atomic E-state index is 0.0641. The van der Waals surface area contributed by atoms with Gasteiger partial charge in [-0.2, -0.15) is 0 Å². The molecular formula is C26H39ClN4O4. The predicted molar refractivity (Wildman–Crippen MR) is 136 cm³/mol. The summed E-state index contributed by atoms with van der Waals surface area (Å²) in [6.07, 6.45) is 7.85. The van der Waals surface area contributed by atoms with Crippen molar-refractivity contribution in [2.24, 2.45) is 11.7 Å². The van der Waals surface area contributed by atoms with Gasteiger partial charge >= 0.3 is 12.0 Å². The van der Waals surface area contributed by atoms with Gasteiger partial charge in [-0.1, -0.05) is 36.9 Å². The molecule has 2 atom stereocenters. The minimum atomic E-state index is -0.415. The van der Waals surface area contributed by atoms with E-state index in [0.29, 0.717) is 24.1 Å². The van der Waals surface area contributed by atoms with E-state index in [2.05, 4.69) is 12.2 Å². The van der Waals surface area contributed by atoms with Gasteiger partial charge in [-0.05, 0) is 68.7 Å². The quantitative estimate of drug-likeness (QED) is 0.493. The summed E-state index contributed by atoms with van der Waals surface area (Å²) in [5.74, 6) is -0.266. The zero-order valence-corrected chi connectivity index (χ0v) is 21.7. The number of carbonyl (C=O) groups excluding carboxylic acids is 3. The Balaban J connectivity index is 1.79. The van der Waals surface area contributed by atoms with Crippen LogP contribution in [-0.2, 0) is 27.4 Å². The Morgan fingerprint density at radius 1 is 1.14 bits per heavy atom. The molecule has 2 aliphatic rings. The molecule has 2 fully saturated rings. The van der Waals surface area contributed by atoms with Crippen LogP contribution >= 0.6 is 11.6 Å². The average molecular weight is 507 g/mol. The lowest BCUT2D eigenvalue weighted by atomic mass is 9.83. The maximum absolute atomic E-state index is 13.9. The van der Waals surface area contributed by atoms with Crippen molar-refractivity contribution in [3.63, 3.8) is 0 Å². The topological polar surface area (TPSA) is 105 Å². The Morgan fingerprint density at radius 2 is 1.89 bits per heavy atom. The van der Waals surface area contributed by atoms with Crippen molar-refractivity contribution in [1.82, 2.24) is 15.1 Å². The van der Waals surface area contributed by atoms with Crippen molar-refractivity contribution in [2.75, 3.05) is 19.7 Å². The number of nitrogens with zero attached hydrogens (tertiary/aromatic N) is 2. The molecule has 9 heteroatoms. The number of imide groups is 1. The van der Waals surface area contributed by atoms with E-state index in [4.69, 9.17) is 22.1 Å². The highest BCUT2D eigenvalue weighted by atomic mass is 35.5. The molecule has 0 bridgehead atoms. The maximum Gasteiger partial charge on any atom is 0.327 e. The van der Waals surface area contributed by atoms with E-state index in [1.165, 1.54) is 24.2 Å². The summed E-state index contributed by atoms with van der Waals surface area (Å²) in [4.78, 5) is 41.7. The molecule has 1 aliphatic heterocycles. The molecule has 0 radical (unpaired) electrons. The highest BCUT2D eigenvalue weighted by molar-refractivity contribution is 6.30. The molecule has 1 heterocycles. The average Bonchev–Trinajstić information content (AvgIpc) is 3.24. The number of amides is 3. The van der Waals surface area contributed by atoms with Crippen LogP contribution in [0.1, 0.15) is 69.9 Å². The smallest absolute Gasteiger partial charge is 0.327 e. The van der Waals surface area contributed by atoms with Gasteiger partial charge < -0.3 is 20.7 Å². The van der Waals surface area contributed by atoms with Gasteiger partial charge in [-0.3, -0.25) is 14.5 Å². The first-order valence-corrected chi connectivity index (χ1v) is 13.2. The Bertz CT molecular complexity index is 890. The van der Waals surface area contributed by atoms with Gasteiger partial charge in [0.1, 0.15) is 0 Å². The lowest BCUT2D eigenvalue weighted by Crippen LogP contribution is -2.53. The van der Waals surface area contributed by atoms with Crippen LogP contribution in [0.4, 0.5) is 4.79 Å². The van der Waals surface area contributed by atoms with Crippen molar-refractivity contribution in [2.45, 2.75) is 84.0 Å². The molecule has 3 rings (SSSR count). The van der Waals surface area contributed by atoms with Gasteiger partial charge in [0.15, 0.2) is 0 Å². The van der Waals surface area contributed by atoms with Crippen molar-refractivity contribution >= 4 is 29.5 Å². The van der Waals surface area contributed by atoms with E-state index >= 15 is 0 Å². The number of nitrogens with one attached hydrogen (secondary N) is 1. The summed E-state index contributed by atoms with van der Waals surface area (Å²) < 4.78 is 4.96. The lowest BCUT2D eigenvalue weighted by Gasteiger charge is -2.38. The molecular weight excluding hydrogens is 468 g/mol. The van der Waals surface area contributed by atoms with E-state index in [0.717, 1.165) is 36.8 Å². The first-order chi connectivity index (χ1) is 16.8. The summed E-state index contributed by atoms with van der Waals surface area (Å²) >= 11 is 6.28. The zero-order valence-electron chi connectivity index (χ0n) is 20.9. The van der Waals surface area contributed by atoms with Gasteiger partial charge in [-0.15, -0.1) is 0 Å². The number of rotatable bonds is 9. The van der Waals surface area contributed by atoms with Crippen molar-refractivity contribution in [3.8, 4) is 0 Å². The van der Waals surface area contributed by atoms with E-state index in [1.54, 1.807) is 19.1 Å². The highest BCUT2D eigenvalue weighted by Crippen LogP contribution is 2.37. The molecule has 1 saturated carbocycles. The second-order valence-electron chi connectivity index (χ2n) is 9.59. The van der Waals surface area contributed by atoms with Crippen LogP contribution in [0.15, 0.2) is 18.2 Å². The monoisotopic (exact) mass is 506 g/mol. The number of urea groups is 1. The summed E-state index contributed by atoms with van der Waals surface area (Å²) in [7, 11) is 0. The molecule has 1 aliphatic carbocycles. The standard InChI is InChI=1S/C26H39ClN4O4/c1-3-35-25(33)16-29-15-20-10-11-22(27)13-21(20)17-30(24(32)14-28)26(34)31-18(2)9-12-23(31)19-7-5-4-6-8-19/h10-11,13,18-19,23,29H,3-9,12,14-17,28H2,1-2H3/t18-,23?/m1/s1. The van der Waals surface area contributed by atoms with Gasteiger partial charge in [0.2, 0.25) is 5.91 Å². The molecule has 0 spiro atoms. The van der Waals surface area contributed by atoms with Crippen LogP contribution in [-0.4, -0.2) is 59.5 Å². The Hall–Kier alpha value is -2.16. The number of nitrogens with two attached hydrogens (primary N) is 1. The summed E-state index contributed by atoms with van der Waals surface area (Å²) in [6, 6.07) is 5.33. The summed E-state index contributed by atoms with van der Waals surface area (Å²) in [5.41, 5.74) is 7.32. The second-order valence-corrected chi connectivity index (χ2v) is 10.0. The number of esters is 1. The number of carbonyl (C=O) groups is 3. The normalized spacial score (nSPS) is 20.6. The first kappa shape index (κ1) is 27.4. The van der Waals surface area contributed by atoms with Gasteiger partial charge in [0.25, 0.3) is 0 Å². The van der Waals surface area contributed by atoms with E-state index in [-0.39, 0.29) is 43.7 Å². The first-order valence-electron chi connectivity index (χ1n) is 12.8. The maximum atomic E-state index is 13.9. The van der Waals surface area contributed by atoms with Crippen LogP contribution in [0.3, 0.4) is 0 Å². The van der Waals surface area contributed by atoms with Gasteiger partial charge in [0, 0.05) is 23.7 Å². The Kier molecular flexibility index (Phi) is 10.4. The van der Waals surface area contributed by atoms with Crippen LogP contribution in [0, 0.1) is 5.92 Å². The molecule has 1 saturated heterocycles. The molecule has 8 nitrogen and oxygen atoms in total. The molecule has 3 amide bonds. The molecule has 0 aromatic heterocycles. The van der Waals surface area contributed by atoms with Crippen molar-refractivity contribution in [1.29, 1.82) is 0 Å². The van der Waals surface area contributed by atoms with Crippen molar-refractivity contribution < 1.29 is 19.1 Å². The van der Waals surface area contributed by atoms with E-state index in [1.807, 2.05) is 11.0 Å². The van der Waals surface area contributed by atoms with Crippen LogP contribution in [0.25, 0.3) is 0 Å². The zero-order chi connectivity index (χ0) is 25.4. The third kappa shape index (κ3) is 7.18. The fourth-order valence-electron chi connectivity index (χ4n) is 5.44. The molecule has 35 heavy (non-hydrogen) atoms. The Morgan fingerprint density at radius 3 is 2.57 bits per heavy atom. The number of halogens is 1. The molecule has 1 aromatic rings. The van der Waals surface area contributed by atoms with Crippen molar-refractivity contribution in [3.05, 3.63) is 34.3 Å². The fourth-order valence-corrected chi connectivity index (χ4v) is 5.63. The highest BCUT2D eigenvalue weighted by Gasteiger charge is 2.42. The number of hydrogen-bond donors (Lipinski definition) is 2. The van der Waals surface area contributed by atoms with Crippen LogP contribution in [0.5, 0.6) is 0 Å². The lowest BCUT2D eigenvalue weighted by molar-refractivity contribution is -0.142. The summed E-state index contributed by atoms with van der Waals surface area (Å²) in [5, 5.41) is 3.57. The SMILES string of the molecule is CCOC(=O)CNCc1ccc(Cl)cc1CN(C(=O)CN)C(=O)N1C(C2CCCCC2)CC[C@H]1C. The number of hydrogen-bond acceptors (Lipinski definition) is 6. The number of benzene rings is 1. The molecule has 194 valence electrons. The fraction of sp³-hybridized carbons (Fsp3) is 0.654. The second kappa shape index (κ2) is 13.2. The largest absolute Gasteiger partial charge is 0.465 e. The Labute approximate surface area is 213 Å². The number of likely N-dealkylation sites (tertiary alicyclic amines) is 1. The third-order valence-electron chi connectivity index (χ3n) is 7.22.